The van der Waals surface area contributed by atoms with Crippen molar-refractivity contribution in [1.29, 1.82) is 0 Å². The lowest BCUT2D eigenvalue weighted by molar-refractivity contribution is 0.292. The SMILES string of the molecule is CCN(CC)CCn1c(N)c(S(=O)(=O)c2ccccc2)c2cn[nH]c(=O)c21. The highest BCUT2D eigenvalue weighted by atomic mass is 32.2. The molecule has 0 atom stereocenters. The van der Waals surface area contributed by atoms with E-state index < -0.39 is 15.4 Å². The molecule has 8 nitrogen and oxygen atoms in total. The molecule has 144 valence electrons. The number of sulfone groups is 1. The third-order valence-corrected chi connectivity index (χ3v) is 6.58. The lowest BCUT2D eigenvalue weighted by atomic mass is 10.3. The van der Waals surface area contributed by atoms with Gasteiger partial charge in [0.1, 0.15) is 16.2 Å². The first-order chi connectivity index (χ1) is 12.9. The van der Waals surface area contributed by atoms with Gasteiger partial charge in [-0.05, 0) is 25.2 Å². The largest absolute Gasteiger partial charge is 0.384 e. The summed E-state index contributed by atoms with van der Waals surface area (Å²) in [6, 6.07) is 8.05. The van der Waals surface area contributed by atoms with Gasteiger partial charge < -0.3 is 15.2 Å². The summed E-state index contributed by atoms with van der Waals surface area (Å²) < 4.78 is 28.0. The van der Waals surface area contributed by atoms with Crippen LogP contribution in [0.15, 0.2) is 51.1 Å². The predicted octanol–water partition coefficient (Wildman–Crippen LogP) is 1.48. The molecule has 27 heavy (non-hydrogen) atoms. The Morgan fingerprint density at radius 3 is 2.48 bits per heavy atom. The summed E-state index contributed by atoms with van der Waals surface area (Å²) in [5.74, 6) is 0.0551. The van der Waals surface area contributed by atoms with Crippen LogP contribution < -0.4 is 11.3 Å². The number of nitrogens with two attached hydrogens (primary N) is 1. The number of likely N-dealkylation sites (N-methyl/N-ethyl adjacent to an activating group) is 1. The van der Waals surface area contributed by atoms with Crippen LogP contribution in [0.25, 0.3) is 10.9 Å². The molecule has 3 aromatic rings. The number of fused-ring (bicyclic) bond motifs is 1. The highest BCUT2D eigenvalue weighted by Gasteiger charge is 2.29. The van der Waals surface area contributed by atoms with Gasteiger partial charge in [-0.25, -0.2) is 13.5 Å². The molecule has 0 amide bonds. The van der Waals surface area contributed by atoms with Crippen LogP contribution in [0.2, 0.25) is 0 Å². The summed E-state index contributed by atoms with van der Waals surface area (Å²) in [7, 11) is -3.89. The van der Waals surface area contributed by atoms with Gasteiger partial charge in [-0.3, -0.25) is 4.79 Å². The van der Waals surface area contributed by atoms with Crippen molar-refractivity contribution in [1.82, 2.24) is 19.7 Å². The number of aromatic amines is 1. The van der Waals surface area contributed by atoms with Crippen LogP contribution in [0, 0.1) is 0 Å². The summed E-state index contributed by atoms with van der Waals surface area (Å²) in [6.07, 6.45) is 1.34. The normalized spacial score (nSPS) is 12.1. The van der Waals surface area contributed by atoms with Crippen LogP contribution in [-0.2, 0) is 16.4 Å². The number of anilines is 1. The number of nitrogens with one attached hydrogen (secondary N) is 1. The lowest BCUT2D eigenvalue weighted by Crippen LogP contribution is -2.28. The molecule has 0 aliphatic heterocycles. The zero-order valence-electron chi connectivity index (χ0n) is 15.3. The molecule has 0 unspecified atom stereocenters. The topological polar surface area (TPSA) is 114 Å². The van der Waals surface area contributed by atoms with Gasteiger partial charge in [-0.2, -0.15) is 5.10 Å². The van der Waals surface area contributed by atoms with Crippen molar-refractivity contribution in [3.05, 3.63) is 46.9 Å². The molecule has 3 N–H and O–H groups in total. The first-order valence-electron chi connectivity index (χ1n) is 8.79. The molecule has 0 bridgehead atoms. The van der Waals surface area contributed by atoms with Crippen molar-refractivity contribution in [3.8, 4) is 0 Å². The number of nitrogen functional groups attached to an aromatic ring is 1. The van der Waals surface area contributed by atoms with Crippen molar-refractivity contribution in [2.24, 2.45) is 0 Å². The maximum atomic E-state index is 13.2. The number of hydrogen-bond donors (Lipinski definition) is 2. The zero-order chi connectivity index (χ0) is 19.6. The van der Waals surface area contributed by atoms with E-state index in [9.17, 15) is 13.2 Å². The minimum atomic E-state index is -3.89. The van der Waals surface area contributed by atoms with E-state index in [2.05, 4.69) is 15.1 Å². The minimum Gasteiger partial charge on any atom is -0.384 e. The Kier molecular flexibility index (Phi) is 5.33. The molecule has 3 rings (SSSR count). The zero-order valence-corrected chi connectivity index (χ0v) is 16.2. The number of nitrogens with zero attached hydrogens (tertiary/aromatic N) is 3. The van der Waals surface area contributed by atoms with Gasteiger partial charge in [0, 0.05) is 18.5 Å². The maximum absolute atomic E-state index is 13.2. The quantitative estimate of drug-likeness (QED) is 0.633. The Hall–Kier alpha value is -2.65. The Balaban J connectivity index is 2.22. The second kappa shape index (κ2) is 7.53. The van der Waals surface area contributed by atoms with Gasteiger partial charge in [0.05, 0.1) is 11.1 Å². The Labute approximate surface area is 157 Å². The lowest BCUT2D eigenvalue weighted by Gasteiger charge is -2.19. The third-order valence-electron chi connectivity index (χ3n) is 4.72. The summed E-state index contributed by atoms with van der Waals surface area (Å²) >= 11 is 0. The van der Waals surface area contributed by atoms with Crippen LogP contribution in [0.5, 0.6) is 0 Å². The van der Waals surface area contributed by atoms with Gasteiger partial charge in [-0.15, -0.1) is 0 Å². The second-order valence-corrected chi connectivity index (χ2v) is 8.06. The van der Waals surface area contributed by atoms with Crippen LogP contribution in [0.4, 0.5) is 5.82 Å². The van der Waals surface area contributed by atoms with E-state index in [1.54, 1.807) is 22.8 Å². The Morgan fingerprint density at radius 1 is 1.19 bits per heavy atom. The molecular weight excluding hydrogens is 366 g/mol. The fourth-order valence-electron chi connectivity index (χ4n) is 3.22. The summed E-state index contributed by atoms with van der Waals surface area (Å²) in [5, 5.41) is 6.39. The molecule has 0 saturated carbocycles. The number of H-pyrrole nitrogens is 1. The van der Waals surface area contributed by atoms with Crippen LogP contribution in [-0.4, -0.2) is 47.7 Å². The predicted molar refractivity (Wildman–Crippen MR) is 104 cm³/mol. The van der Waals surface area contributed by atoms with Gasteiger partial charge in [0.25, 0.3) is 5.56 Å². The standard InChI is InChI=1S/C18H23N5O3S/c1-3-22(4-2)10-11-23-15-14(12-20-21-18(15)24)16(17(23)19)27(25,26)13-8-6-5-7-9-13/h5-9,12H,3-4,10-11,19H2,1-2H3,(H,21,24). The van der Waals surface area contributed by atoms with Crippen molar-refractivity contribution in [3.63, 3.8) is 0 Å². The second-order valence-electron chi connectivity index (χ2n) is 6.17. The smallest absolute Gasteiger partial charge is 0.288 e. The minimum absolute atomic E-state index is 0.0551. The summed E-state index contributed by atoms with van der Waals surface area (Å²) in [4.78, 5) is 14.6. The van der Waals surface area contributed by atoms with E-state index in [0.29, 0.717) is 13.1 Å². The summed E-state index contributed by atoms with van der Waals surface area (Å²) in [5.41, 5.74) is 6.02. The first kappa shape index (κ1) is 19.1. The molecule has 0 radical (unpaired) electrons. The molecule has 0 aliphatic carbocycles. The number of hydrogen-bond acceptors (Lipinski definition) is 6. The molecule has 0 spiro atoms. The highest BCUT2D eigenvalue weighted by molar-refractivity contribution is 7.92. The number of rotatable bonds is 7. The van der Waals surface area contributed by atoms with E-state index in [4.69, 9.17) is 5.73 Å². The maximum Gasteiger partial charge on any atom is 0.288 e. The first-order valence-corrected chi connectivity index (χ1v) is 10.3. The molecule has 2 aromatic heterocycles. The molecule has 1 aromatic carbocycles. The van der Waals surface area contributed by atoms with Crippen molar-refractivity contribution in [2.45, 2.75) is 30.2 Å². The fourth-order valence-corrected chi connectivity index (χ4v) is 4.80. The molecule has 0 saturated heterocycles. The highest BCUT2D eigenvalue weighted by Crippen LogP contribution is 2.34. The average molecular weight is 389 g/mol. The summed E-state index contributed by atoms with van der Waals surface area (Å²) in [6.45, 7) is 6.84. The average Bonchev–Trinajstić information content (AvgIpc) is 2.96. The van der Waals surface area contributed by atoms with E-state index >= 15 is 0 Å². The monoisotopic (exact) mass is 389 g/mol. The van der Waals surface area contributed by atoms with Gasteiger partial charge >= 0.3 is 0 Å². The number of benzene rings is 1. The van der Waals surface area contributed by atoms with E-state index in [1.165, 1.54) is 18.3 Å². The van der Waals surface area contributed by atoms with Gasteiger partial charge in [0.15, 0.2) is 0 Å². The van der Waals surface area contributed by atoms with Gasteiger partial charge in [-0.1, -0.05) is 32.0 Å². The van der Waals surface area contributed by atoms with E-state index in [0.717, 1.165) is 13.1 Å². The molecule has 2 heterocycles. The van der Waals surface area contributed by atoms with Crippen molar-refractivity contribution in [2.75, 3.05) is 25.4 Å². The van der Waals surface area contributed by atoms with Gasteiger partial charge in [0.2, 0.25) is 9.84 Å². The third kappa shape index (κ3) is 3.35. The van der Waals surface area contributed by atoms with Crippen molar-refractivity contribution < 1.29 is 8.42 Å². The van der Waals surface area contributed by atoms with Crippen LogP contribution >= 0.6 is 0 Å². The molecular formula is C18H23N5O3S. The van der Waals surface area contributed by atoms with E-state index in [-0.39, 0.29) is 26.5 Å². The van der Waals surface area contributed by atoms with Crippen LogP contribution in [0.1, 0.15) is 13.8 Å². The number of aromatic nitrogens is 3. The molecule has 9 heteroatoms. The fraction of sp³-hybridized carbons (Fsp3) is 0.333. The Bertz CT molecular complexity index is 1100. The van der Waals surface area contributed by atoms with Crippen LogP contribution in [0.3, 0.4) is 0 Å². The molecule has 0 fully saturated rings. The Morgan fingerprint density at radius 2 is 1.85 bits per heavy atom. The van der Waals surface area contributed by atoms with E-state index in [1.807, 2.05) is 13.8 Å². The molecule has 0 aliphatic rings. The van der Waals surface area contributed by atoms with Crippen molar-refractivity contribution >= 4 is 26.6 Å².